The average molecular weight is 140 g/mol. The molecule has 1 radical (unpaired) electrons. The maximum absolute atomic E-state index is 10.6. The van der Waals surface area contributed by atoms with Crippen molar-refractivity contribution in [1.29, 1.82) is 0 Å². The molecule has 3 amide bonds. The molecule has 0 aromatic rings. The van der Waals surface area contributed by atoms with Crippen molar-refractivity contribution in [2.45, 2.75) is 0 Å². The summed E-state index contributed by atoms with van der Waals surface area (Å²) in [4.78, 5) is 22.3. The minimum Gasteiger partial charge on any atom is -0.393 e. The van der Waals surface area contributed by atoms with E-state index < -0.39 is 11.9 Å². The first kappa shape index (κ1) is 6.60. The fourth-order valence-electron chi connectivity index (χ4n) is 0.549. The maximum Gasteiger partial charge on any atom is 0.350 e. The molecule has 0 saturated heterocycles. The van der Waals surface area contributed by atoms with Crippen molar-refractivity contribution in [3.05, 3.63) is 11.9 Å². The fourth-order valence-corrected chi connectivity index (χ4v) is 0.549. The molecule has 0 unspecified atom stereocenters. The Morgan fingerprint density at radius 2 is 2.20 bits per heavy atom. The highest BCUT2D eigenvalue weighted by molar-refractivity contribution is 6.05. The molecule has 1 heterocycles. The minimum absolute atomic E-state index is 0.0119. The van der Waals surface area contributed by atoms with Gasteiger partial charge in [-0.15, -0.1) is 0 Å². The number of hydrogen-bond donors (Lipinski definition) is 1. The number of carbonyl (C=O) groups is 2. The molecule has 0 saturated carbocycles. The zero-order valence-corrected chi connectivity index (χ0v) is 5.37. The molecule has 5 nitrogen and oxygen atoms in total. The van der Waals surface area contributed by atoms with E-state index in [1.807, 2.05) is 0 Å². The SMILES string of the molecule is CN1C=C(N)C(=O)[N]C1=O. The summed E-state index contributed by atoms with van der Waals surface area (Å²) < 4.78 is 0. The zero-order chi connectivity index (χ0) is 7.72. The Hall–Kier alpha value is -1.52. The highest BCUT2D eigenvalue weighted by Crippen LogP contribution is 1.98. The molecular weight excluding hydrogens is 134 g/mol. The van der Waals surface area contributed by atoms with Gasteiger partial charge >= 0.3 is 6.03 Å². The minimum atomic E-state index is -0.664. The lowest BCUT2D eigenvalue weighted by Crippen LogP contribution is -2.40. The van der Waals surface area contributed by atoms with Gasteiger partial charge in [0.05, 0.1) is 0 Å². The second kappa shape index (κ2) is 2.02. The monoisotopic (exact) mass is 140 g/mol. The predicted octanol–water partition coefficient (Wildman–Crippen LogP) is -1.02. The van der Waals surface area contributed by atoms with Gasteiger partial charge in [-0.1, -0.05) is 0 Å². The summed E-state index contributed by atoms with van der Waals surface area (Å²) in [6.45, 7) is 0. The van der Waals surface area contributed by atoms with Crippen molar-refractivity contribution in [3.8, 4) is 0 Å². The summed E-state index contributed by atoms with van der Waals surface area (Å²) in [5, 5.41) is 3.10. The van der Waals surface area contributed by atoms with Crippen LogP contribution in [-0.2, 0) is 4.79 Å². The summed E-state index contributed by atoms with van der Waals surface area (Å²) in [6.07, 6.45) is 1.25. The van der Waals surface area contributed by atoms with Gasteiger partial charge in [0.2, 0.25) is 0 Å². The molecule has 10 heavy (non-hydrogen) atoms. The van der Waals surface area contributed by atoms with Crippen LogP contribution in [0, 0.1) is 0 Å². The van der Waals surface area contributed by atoms with Crippen LogP contribution in [0.15, 0.2) is 11.9 Å². The number of nitrogens with zero attached hydrogens (tertiary/aromatic N) is 2. The molecule has 0 bridgehead atoms. The number of imide groups is 1. The first-order chi connectivity index (χ1) is 4.61. The second-order valence-electron chi connectivity index (χ2n) is 1.89. The smallest absolute Gasteiger partial charge is 0.350 e. The quantitative estimate of drug-likeness (QED) is 0.468. The van der Waals surface area contributed by atoms with Crippen molar-refractivity contribution >= 4 is 11.9 Å². The second-order valence-corrected chi connectivity index (χ2v) is 1.89. The van der Waals surface area contributed by atoms with E-state index in [1.54, 1.807) is 0 Å². The molecular formula is C5H6N3O2. The Morgan fingerprint density at radius 1 is 1.60 bits per heavy atom. The van der Waals surface area contributed by atoms with Crippen LogP contribution in [0.3, 0.4) is 0 Å². The molecule has 0 aliphatic carbocycles. The third-order valence-electron chi connectivity index (χ3n) is 1.08. The lowest BCUT2D eigenvalue weighted by molar-refractivity contribution is -0.117. The van der Waals surface area contributed by atoms with Crippen molar-refractivity contribution in [2.75, 3.05) is 7.05 Å². The topological polar surface area (TPSA) is 77.5 Å². The van der Waals surface area contributed by atoms with Crippen LogP contribution in [0.1, 0.15) is 0 Å². The number of nitrogens with two attached hydrogens (primary N) is 1. The Kier molecular flexibility index (Phi) is 1.33. The normalized spacial score (nSPS) is 18.5. The van der Waals surface area contributed by atoms with E-state index in [1.165, 1.54) is 13.2 Å². The number of amides is 3. The molecule has 5 heteroatoms. The van der Waals surface area contributed by atoms with E-state index in [0.717, 1.165) is 4.90 Å². The van der Waals surface area contributed by atoms with Gasteiger partial charge in [0, 0.05) is 13.2 Å². The van der Waals surface area contributed by atoms with Gasteiger partial charge in [-0.05, 0) is 0 Å². The molecule has 53 valence electrons. The summed E-state index contributed by atoms with van der Waals surface area (Å²) in [5.41, 5.74) is 5.14. The number of carbonyl (C=O) groups excluding carboxylic acids is 2. The summed E-state index contributed by atoms with van der Waals surface area (Å²) >= 11 is 0. The average Bonchev–Trinajstić information content (AvgIpc) is 1.84. The number of hydrogen-bond acceptors (Lipinski definition) is 3. The van der Waals surface area contributed by atoms with Crippen LogP contribution in [0.2, 0.25) is 0 Å². The molecule has 0 aromatic carbocycles. The predicted molar refractivity (Wildman–Crippen MR) is 32.6 cm³/mol. The van der Waals surface area contributed by atoms with Crippen LogP contribution >= 0.6 is 0 Å². The van der Waals surface area contributed by atoms with Crippen LogP contribution in [-0.4, -0.2) is 23.9 Å². The summed E-state index contributed by atoms with van der Waals surface area (Å²) in [5.74, 6) is -0.664. The lowest BCUT2D eigenvalue weighted by Gasteiger charge is -2.15. The number of rotatable bonds is 0. The molecule has 1 rings (SSSR count). The molecule has 0 fully saturated rings. The Labute approximate surface area is 57.5 Å². The highest BCUT2D eigenvalue weighted by Gasteiger charge is 2.21. The highest BCUT2D eigenvalue weighted by atomic mass is 16.2. The van der Waals surface area contributed by atoms with E-state index in [0.29, 0.717) is 0 Å². The fraction of sp³-hybridized carbons (Fsp3) is 0.200. The van der Waals surface area contributed by atoms with Gasteiger partial charge in [-0.2, -0.15) is 5.32 Å². The van der Waals surface area contributed by atoms with Gasteiger partial charge < -0.3 is 5.73 Å². The van der Waals surface area contributed by atoms with E-state index in [2.05, 4.69) is 5.32 Å². The van der Waals surface area contributed by atoms with Crippen molar-refractivity contribution in [1.82, 2.24) is 10.2 Å². The van der Waals surface area contributed by atoms with Crippen molar-refractivity contribution in [3.63, 3.8) is 0 Å². The van der Waals surface area contributed by atoms with E-state index >= 15 is 0 Å². The largest absolute Gasteiger partial charge is 0.393 e. The van der Waals surface area contributed by atoms with Crippen LogP contribution in [0.5, 0.6) is 0 Å². The van der Waals surface area contributed by atoms with Crippen LogP contribution in [0.25, 0.3) is 0 Å². The van der Waals surface area contributed by atoms with Crippen molar-refractivity contribution in [2.24, 2.45) is 5.73 Å². The maximum atomic E-state index is 10.6. The molecule has 0 atom stereocenters. The van der Waals surface area contributed by atoms with E-state index in [4.69, 9.17) is 5.73 Å². The lowest BCUT2D eigenvalue weighted by atomic mass is 10.4. The van der Waals surface area contributed by atoms with Gasteiger partial charge in [0.1, 0.15) is 5.70 Å². The van der Waals surface area contributed by atoms with Gasteiger partial charge in [0.15, 0.2) is 0 Å². The summed E-state index contributed by atoms with van der Waals surface area (Å²) in [6, 6.07) is -0.584. The zero-order valence-electron chi connectivity index (χ0n) is 5.37. The molecule has 0 aromatic heterocycles. The Bertz CT molecular complexity index is 221. The first-order valence-corrected chi connectivity index (χ1v) is 2.61. The summed E-state index contributed by atoms with van der Waals surface area (Å²) in [7, 11) is 1.48. The third kappa shape index (κ3) is 0.928. The molecule has 0 spiro atoms. The van der Waals surface area contributed by atoms with Gasteiger partial charge in [-0.3, -0.25) is 9.69 Å². The Balaban J connectivity index is 2.89. The van der Waals surface area contributed by atoms with E-state index in [9.17, 15) is 9.59 Å². The van der Waals surface area contributed by atoms with Crippen LogP contribution < -0.4 is 11.1 Å². The van der Waals surface area contributed by atoms with Gasteiger partial charge in [0.25, 0.3) is 5.91 Å². The first-order valence-electron chi connectivity index (χ1n) is 2.61. The van der Waals surface area contributed by atoms with E-state index in [-0.39, 0.29) is 5.70 Å². The molecule has 2 N–H and O–H groups in total. The van der Waals surface area contributed by atoms with Gasteiger partial charge in [-0.25, -0.2) is 4.79 Å². The van der Waals surface area contributed by atoms with Crippen LogP contribution in [0.4, 0.5) is 4.79 Å². The standard InChI is InChI=1S/C5H6N3O2/c1-8-2-3(6)4(9)7-5(8)10/h2H,6H2,1H3. The molecule has 1 aliphatic heterocycles. The Morgan fingerprint density at radius 3 is 2.70 bits per heavy atom. The number of urea groups is 1. The third-order valence-corrected chi connectivity index (χ3v) is 1.08. The van der Waals surface area contributed by atoms with Crippen molar-refractivity contribution < 1.29 is 9.59 Å². The molecule has 1 aliphatic rings.